The van der Waals surface area contributed by atoms with Crippen molar-refractivity contribution < 1.29 is 0 Å². The molecular formula is C12H16N2. The number of rotatable bonds is 2. The van der Waals surface area contributed by atoms with Gasteiger partial charge in [-0.2, -0.15) is 0 Å². The maximum Gasteiger partial charge on any atom is 0.137 e. The van der Waals surface area contributed by atoms with Crippen LogP contribution in [0.15, 0.2) is 24.4 Å². The van der Waals surface area contributed by atoms with Crippen LogP contribution in [0.1, 0.15) is 25.2 Å². The van der Waals surface area contributed by atoms with Crippen molar-refractivity contribution in [2.45, 2.75) is 27.2 Å². The van der Waals surface area contributed by atoms with Crippen LogP contribution in [0.4, 0.5) is 0 Å². The normalized spacial score (nSPS) is 11.4. The highest BCUT2D eigenvalue weighted by Crippen LogP contribution is 2.13. The predicted molar refractivity (Wildman–Crippen MR) is 58.5 cm³/mol. The Morgan fingerprint density at radius 2 is 2.14 bits per heavy atom. The number of hydrogen-bond donors (Lipinski definition) is 0. The van der Waals surface area contributed by atoms with E-state index in [1.807, 2.05) is 6.20 Å². The Bertz CT molecular complexity index is 441. The number of aromatic nitrogens is 2. The first-order chi connectivity index (χ1) is 6.68. The second-order valence-corrected chi connectivity index (χ2v) is 4.21. The minimum atomic E-state index is 0.675. The molecule has 2 aromatic heterocycles. The van der Waals surface area contributed by atoms with Crippen molar-refractivity contribution in [1.82, 2.24) is 9.38 Å². The lowest BCUT2D eigenvalue weighted by Crippen LogP contribution is -2.00. The zero-order valence-corrected chi connectivity index (χ0v) is 8.99. The summed E-state index contributed by atoms with van der Waals surface area (Å²) in [6.07, 6.45) is 3.08. The van der Waals surface area contributed by atoms with E-state index in [4.69, 9.17) is 0 Å². The molecule has 0 fully saturated rings. The van der Waals surface area contributed by atoms with E-state index >= 15 is 0 Å². The number of hydrogen-bond acceptors (Lipinski definition) is 1. The number of imidazole rings is 1. The Morgan fingerprint density at radius 1 is 1.36 bits per heavy atom. The van der Waals surface area contributed by atoms with E-state index in [2.05, 4.69) is 48.4 Å². The maximum absolute atomic E-state index is 4.40. The van der Waals surface area contributed by atoms with Gasteiger partial charge in [-0.15, -0.1) is 0 Å². The molecule has 2 heteroatoms. The third kappa shape index (κ3) is 1.52. The van der Waals surface area contributed by atoms with Crippen LogP contribution in [0.25, 0.3) is 5.65 Å². The molecule has 0 bridgehead atoms. The minimum absolute atomic E-state index is 0.675. The van der Waals surface area contributed by atoms with Crippen molar-refractivity contribution in [2.24, 2.45) is 5.92 Å². The van der Waals surface area contributed by atoms with E-state index in [0.717, 1.165) is 12.1 Å². The Kier molecular flexibility index (Phi) is 2.28. The van der Waals surface area contributed by atoms with Gasteiger partial charge in [-0.1, -0.05) is 19.9 Å². The smallest absolute Gasteiger partial charge is 0.137 e. The Hall–Kier alpha value is -1.31. The van der Waals surface area contributed by atoms with Gasteiger partial charge in [0.2, 0.25) is 0 Å². The summed E-state index contributed by atoms with van der Waals surface area (Å²) in [4.78, 5) is 4.40. The largest absolute Gasteiger partial charge is 0.301 e. The summed E-state index contributed by atoms with van der Waals surface area (Å²) in [6, 6.07) is 6.23. The molecule has 0 atom stereocenters. The zero-order chi connectivity index (χ0) is 10.1. The molecule has 2 rings (SSSR count). The van der Waals surface area contributed by atoms with Crippen molar-refractivity contribution in [3.8, 4) is 0 Å². The highest BCUT2D eigenvalue weighted by Gasteiger charge is 2.06. The van der Waals surface area contributed by atoms with Crippen LogP contribution in [0.5, 0.6) is 0 Å². The van der Waals surface area contributed by atoms with Crippen LogP contribution in [0.2, 0.25) is 0 Å². The molecule has 2 aromatic rings. The second kappa shape index (κ2) is 3.45. The highest BCUT2D eigenvalue weighted by molar-refractivity contribution is 5.42. The summed E-state index contributed by atoms with van der Waals surface area (Å²) in [6.45, 7) is 6.59. The molecule has 0 unspecified atom stereocenters. The molecule has 2 heterocycles. The van der Waals surface area contributed by atoms with Crippen LogP contribution in [-0.2, 0) is 6.42 Å². The average molecular weight is 188 g/mol. The number of nitrogens with zero attached hydrogens (tertiary/aromatic N) is 2. The number of fused-ring (bicyclic) bond motifs is 1. The summed E-state index contributed by atoms with van der Waals surface area (Å²) in [5.74, 6) is 0.675. The lowest BCUT2D eigenvalue weighted by atomic mass is 10.1. The quantitative estimate of drug-likeness (QED) is 0.708. The Morgan fingerprint density at radius 3 is 2.86 bits per heavy atom. The van der Waals surface area contributed by atoms with E-state index in [0.29, 0.717) is 5.92 Å². The molecular weight excluding hydrogens is 172 g/mol. The van der Waals surface area contributed by atoms with Gasteiger partial charge < -0.3 is 4.40 Å². The fourth-order valence-electron chi connectivity index (χ4n) is 1.84. The molecule has 2 nitrogen and oxygen atoms in total. The summed E-state index contributed by atoms with van der Waals surface area (Å²) >= 11 is 0. The summed E-state index contributed by atoms with van der Waals surface area (Å²) in [5, 5.41) is 0. The SMILES string of the molecule is Cc1cccc2ncc(CC(C)C)n12. The van der Waals surface area contributed by atoms with Crippen molar-refractivity contribution in [3.63, 3.8) is 0 Å². The Labute approximate surface area is 84.6 Å². The van der Waals surface area contributed by atoms with Crippen molar-refractivity contribution in [1.29, 1.82) is 0 Å². The molecule has 0 aliphatic rings. The van der Waals surface area contributed by atoms with E-state index in [-0.39, 0.29) is 0 Å². The molecule has 0 aliphatic carbocycles. The fourth-order valence-corrected chi connectivity index (χ4v) is 1.84. The topological polar surface area (TPSA) is 17.3 Å². The summed E-state index contributed by atoms with van der Waals surface area (Å²) < 4.78 is 2.24. The molecule has 0 spiro atoms. The fraction of sp³-hybridized carbons (Fsp3) is 0.417. The first-order valence-corrected chi connectivity index (χ1v) is 5.10. The van der Waals surface area contributed by atoms with Gasteiger partial charge in [-0.05, 0) is 31.4 Å². The van der Waals surface area contributed by atoms with Gasteiger partial charge >= 0.3 is 0 Å². The van der Waals surface area contributed by atoms with Crippen molar-refractivity contribution >= 4 is 5.65 Å². The molecule has 0 saturated heterocycles. The Balaban J connectivity index is 2.55. The van der Waals surface area contributed by atoms with E-state index in [9.17, 15) is 0 Å². The second-order valence-electron chi connectivity index (χ2n) is 4.21. The van der Waals surface area contributed by atoms with Crippen molar-refractivity contribution in [2.75, 3.05) is 0 Å². The van der Waals surface area contributed by atoms with Crippen LogP contribution in [0, 0.1) is 12.8 Å². The maximum atomic E-state index is 4.40. The van der Waals surface area contributed by atoms with Crippen LogP contribution in [-0.4, -0.2) is 9.38 Å². The van der Waals surface area contributed by atoms with Crippen LogP contribution >= 0.6 is 0 Å². The molecule has 0 saturated carbocycles. The number of aryl methyl sites for hydroxylation is 1. The van der Waals surface area contributed by atoms with E-state index < -0.39 is 0 Å². The molecule has 14 heavy (non-hydrogen) atoms. The number of pyridine rings is 1. The minimum Gasteiger partial charge on any atom is -0.301 e. The van der Waals surface area contributed by atoms with Crippen LogP contribution < -0.4 is 0 Å². The molecule has 0 radical (unpaired) electrons. The standard InChI is InChI=1S/C12H16N2/c1-9(2)7-11-8-13-12-6-4-5-10(3)14(11)12/h4-6,8-9H,7H2,1-3H3. The predicted octanol–water partition coefficient (Wildman–Crippen LogP) is 2.84. The van der Waals surface area contributed by atoms with Gasteiger partial charge in [-0.25, -0.2) is 4.98 Å². The van der Waals surface area contributed by atoms with E-state index in [1.165, 1.54) is 11.4 Å². The van der Waals surface area contributed by atoms with E-state index in [1.54, 1.807) is 0 Å². The van der Waals surface area contributed by atoms with Gasteiger partial charge in [0.15, 0.2) is 0 Å². The molecule has 0 amide bonds. The third-order valence-electron chi connectivity index (χ3n) is 2.41. The molecule has 0 N–H and O–H groups in total. The van der Waals surface area contributed by atoms with Gasteiger partial charge in [0, 0.05) is 17.6 Å². The zero-order valence-electron chi connectivity index (χ0n) is 8.99. The molecule has 0 aliphatic heterocycles. The van der Waals surface area contributed by atoms with Gasteiger partial charge in [-0.3, -0.25) is 0 Å². The first kappa shape index (κ1) is 9.25. The van der Waals surface area contributed by atoms with Gasteiger partial charge in [0.05, 0.1) is 0 Å². The monoisotopic (exact) mass is 188 g/mol. The van der Waals surface area contributed by atoms with Gasteiger partial charge in [0.25, 0.3) is 0 Å². The lowest BCUT2D eigenvalue weighted by molar-refractivity contribution is 0.630. The molecule has 74 valence electrons. The van der Waals surface area contributed by atoms with Crippen molar-refractivity contribution in [3.05, 3.63) is 35.8 Å². The summed E-state index contributed by atoms with van der Waals surface area (Å²) in [7, 11) is 0. The highest BCUT2D eigenvalue weighted by atomic mass is 15.0. The van der Waals surface area contributed by atoms with Crippen LogP contribution in [0.3, 0.4) is 0 Å². The lowest BCUT2D eigenvalue weighted by Gasteiger charge is -2.06. The summed E-state index contributed by atoms with van der Waals surface area (Å²) in [5.41, 5.74) is 3.63. The third-order valence-corrected chi connectivity index (χ3v) is 2.41. The average Bonchev–Trinajstić information content (AvgIpc) is 2.49. The first-order valence-electron chi connectivity index (χ1n) is 5.10. The van der Waals surface area contributed by atoms with Gasteiger partial charge in [0.1, 0.15) is 5.65 Å². The molecule has 0 aromatic carbocycles.